The summed E-state index contributed by atoms with van der Waals surface area (Å²) in [5, 5.41) is 20.6. The molecule has 4 rings (SSSR count). The molecule has 0 amide bonds. The summed E-state index contributed by atoms with van der Waals surface area (Å²) >= 11 is 0. The Kier molecular flexibility index (Phi) is 5.01. The van der Waals surface area contributed by atoms with Crippen molar-refractivity contribution in [2.45, 2.75) is 0 Å². The van der Waals surface area contributed by atoms with Gasteiger partial charge in [0.1, 0.15) is 11.4 Å². The molecule has 160 valence electrons. The summed E-state index contributed by atoms with van der Waals surface area (Å²) < 4.78 is 16.8. The minimum absolute atomic E-state index is 0.178. The first-order valence-corrected chi connectivity index (χ1v) is 9.44. The van der Waals surface area contributed by atoms with Gasteiger partial charge < -0.3 is 19.5 Å². The van der Waals surface area contributed by atoms with Gasteiger partial charge in [-0.25, -0.2) is 14.2 Å². The average molecular weight is 427 g/mol. The fraction of sp³-hybridized carbons (Fsp3) is 0.250. The van der Waals surface area contributed by atoms with Crippen molar-refractivity contribution in [1.82, 2.24) is 9.55 Å². The number of nitro groups is 1. The van der Waals surface area contributed by atoms with E-state index < -0.39 is 33.4 Å². The number of aromatic carboxylic acids is 1. The number of aromatic nitrogens is 2. The van der Waals surface area contributed by atoms with E-state index in [2.05, 4.69) is 4.98 Å². The van der Waals surface area contributed by atoms with E-state index in [1.807, 2.05) is 17.0 Å². The number of aryl methyl sites for hydroxylation is 1. The number of hydrogen-bond acceptors (Lipinski definition) is 7. The topological polar surface area (TPSA) is 122 Å². The molecule has 1 fully saturated rings. The zero-order valence-electron chi connectivity index (χ0n) is 16.5. The van der Waals surface area contributed by atoms with Gasteiger partial charge in [0.2, 0.25) is 5.43 Å². The zero-order chi connectivity index (χ0) is 22.3. The van der Waals surface area contributed by atoms with Crippen LogP contribution >= 0.6 is 0 Å². The number of anilines is 2. The van der Waals surface area contributed by atoms with E-state index in [1.54, 1.807) is 17.2 Å². The first-order valence-electron chi connectivity index (χ1n) is 9.44. The molecule has 31 heavy (non-hydrogen) atoms. The molecule has 1 saturated heterocycles. The van der Waals surface area contributed by atoms with Crippen LogP contribution in [0.15, 0.2) is 41.5 Å². The van der Waals surface area contributed by atoms with E-state index in [1.165, 1.54) is 11.6 Å². The van der Waals surface area contributed by atoms with Gasteiger partial charge in [-0.05, 0) is 12.1 Å². The van der Waals surface area contributed by atoms with Crippen LogP contribution in [0.4, 0.5) is 21.6 Å². The number of piperazine rings is 1. The SMILES string of the molecule is Cn1cc(C(=O)O)c(=O)c2cc([N+](=O)[O-])c(N3CCN(c4ccccn4)CC3)c(F)c21. The summed E-state index contributed by atoms with van der Waals surface area (Å²) in [6.07, 6.45) is 2.69. The quantitative estimate of drug-likeness (QED) is 0.496. The third-order valence-electron chi connectivity index (χ3n) is 5.36. The number of fused-ring (bicyclic) bond motifs is 1. The molecule has 11 heteroatoms. The molecule has 0 unspecified atom stereocenters. The lowest BCUT2D eigenvalue weighted by Crippen LogP contribution is -2.47. The van der Waals surface area contributed by atoms with Crippen LogP contribution in [-0.2, 0) is 7.05 Å². The van der Waals surface area contributed by atoms with Crippen LogP contribution in [-0.4, -0.2) is 51.7 Å². The molecule has 0 atom stereocenters. The summed E-state index contributed by atoms with van der Waals surface area (Å²) in [6, 6.07) is 6.47. The van der Waals surface area contributed by atoms with Crippen molar-refractivity contribution in [3.8, 4) is 0 Å². The lowest BCUT2D eigenvalue weighted by atomic mass is 10.1. The third kappa shape index (κ3) is 3.43. The molecule has 10 nitrogen and oxygen atoms in total. The highest BCUT2D eigenvalue weighted by Crippen LogP contribution is 2.36. The molecule has 1 aliphatic rings. The highest BCUT2D eigenvalue weighted by molar-refractivity contribution is 5.95. The normalized spacial score (nSPS) is 14.1. The van der Waals surface area contributed by atoms with Crippen LogP contribution in [0.25, 0.3) is 10.9 Å². The second-order valence-corrected chi connectivity index (χ2v) is 7.16. The molecular weight excluding hydrogens is 409 g/mol. The second kappa shape index (κ2) is 7.67. The van der Waals surface area contributed by atoms with E-state index in [0.717, 1.165) is 18.1 Å². The number of carbonyl (C=O) groups is 1. The van der Waals surface area contributed by atoms with Crippen molar-refractivity contribution in [3.05, 3.63) is 68.4 Å². The Bertz CT molecular complexity index is 1250. The van der Waals surface area contributed by atoms with Gasteiger partial charge >= 0.3 is 5.97 Å². The van der Waals surface area contributed by atoms with Gasteiger partial charge in [-0.2, -0.15) is 0 Å². The number of halogens is 1. The molecule has 0 saturated carbocycles. The molecule has 1 aliphatic heterocycles. The van der Waals surface area contributed by atoms with Crippen LogP contribution in [0.3, 0.4) is 0 Å². The van der Waals surface area contributed by atoms with Crippen LogP contribution in [0.5, 0.6) is 0 Å². The molecule has 3 heterocycles. The lowest BCUT2D eigenvalue weighted by molar-refractivity contribution is -0.384. The Morgan fingerprint density at radius 2 is 1.90 bits per heavy atom. The predicted octanol–water partition coefficient (Wildman–Crippen LogP) is 2.01. The minimum atomic E-state index is -1.49. The highest BCUT2D eigenvalue weighted by atomic mass is 19.1. The van der Waals surface area contributed by atoms with Crippen molar-refractivity contribution >= 4 is 34.1 Å². The number of benzene rings is 1. The van der Waals surface area contributed by atoms with Crippen molar-refractivity contribution in [3.63, 3.8) is 0 Å². The Hall–Kier alpha value is -4.02. The van der Waals surface area contributed by atoms with Crippen LogP contribution in [0.1, 0.15) is 10.4 Å². The summed E-state index contributed by atoms with van der Waals surface area (Å²) in [5.74, 6) is -1.65. The summed E-state index contributed by atoms with van der Waals surface area (Å²) in [7, 11) is 1.39. The third-order valence-corrected chi connectivity index (χ3v) is 5.36. The van der Waals surface area contributed by atoms with Crippen molar-refractivity contribution < 1.29 is 19.2 Å². The molecule has 0 radical (unpaired) electrons. The van der Waals surface area contributed by atoms with E-state index in [-0.39, 0.29) is 16.6 Å². The lowest BCUT2D eigenvalue weighted by Gasteiger charge is -2.36. The maximum atomic E-state index is 15.6. The first kappa shape index (κ1) is 20.3. The fourth-order valence-corrected chi connectivity index (χ4v) is 3.89. The van der Waals surface area contributed by atoms with Crippen LogP contribution in [0, 0.1) is 15.9 Å². The van der Waals surface area contributed by atoms with Gasteiger partial charge in [-0.15, -0.1) is 0 Å². The molecule has 0 aliphatic carbocycles. The Morgan fingerprint density at radius 1 is 1.23 bits per heavy atom. The average Bonchev–Trinajstić information content (AvgIpc) is 2.76. The number of nitro benzene ring substituents is 1. The van der Waals surface area contributed by atoms with Crippen molar-refractivity contribution in [2.75, 3.05) is 36.0 Å². The van der Waals surface area contributed by atoms with Crippen molar-refractivity contribution in [2.24, 2.45) is 7.05 Å². The second-order valence-electron chi connectivity index (χ2n) is 7.16. The van der Waals surface area contributed by atoms with Gasteiger partial charge in [-0.1, -0.05) is 6.07 Å². The molecule has 1 aromatic carbocycles. The van der Waals surface area contributed by atoms with E-state index >= 15 is 4.39 Å². The summed E-state index contributed by atoms with van der Waals surface area (Å²) in [5.41, 5.74) is -2.51. The molecule has 2 aromatic heterocycles. The summed E-state index contributed by atoms with van der Waals surface area (Å²) in [6.45, 7) is 1.56. The molecule has 3 aromatic rings. The van der Waals surface area contributed by atoms with Crippen LogP contribution < -0.4 is 15.2 Å². The minimum Gasteiger partial charge on any atom is -0.477 e. The fourth-order valence-electron chi connectivity index (χ4n) is 3.89. The summed E-state index contributed by atoms with van der Waals surface area (Å²) in [4.78, 5) is 42.7. The van der Waals surface area contributed by atoms with E-state index in [4.69, 9.17) is 0 Å². The number of rotatable bonds is 4. The molecular formula is C20H18FN5O5. The molecule has 0 spiro atoms. The highest BCUT2D eigenvalue weighted by Gasteiger charge is 2.31. The van der Waals surface area contributed by atoms with Gasteiger partial charge in [0, 0.05) is 51.7 Å². The first-order chi connectivity index (χ1) is 14.8. The Morgan fingerprint density at radius 3 is 2.48 bits per heavy atom. The number of nitrogens with zero attached hydrogens (tertiary/aromatic N) is 5. The number of pyridine rings is 2. The van der Waals surface area contributed by atoms with Crippen LogP contribution in [0.2, 0.25) is 0 Å². The van der Waals surface area contributed by atoms with Gasteiger partial charge in [-0.3, -0.25) is 14.9 Å². The van der Waals surface area contributed by atoms with Gasteiger partial charge in [0.15, 0.2) is 11.5 Å². The van der Waals surface area contributed by atoms with E-state index in [0.29, 0.717) is 26.2 Å². The molecule has 0 bridgehead atoms. The maximum Gasteiger partial charge on any atom is 0.341 e. The molecule has 1 N–H and O–H groups in total. The number of hydrogen-bond donors (Lipinski definition) is 1. The van der Waals surface area contributed by atoms with Gasteiger partial charge in [0.05, 0.1) is 15.8 Å². The largest absolute Gasteiger partial charge is 0.477 e. The predicted molar refractivity (Wildman–Crippen MR) is 111 cm³/mol. The Balaban J connectivity index is 1.80. The van der Waals surface area contributed by atoms with Crippen molar-refractivity contribution in [1.29, 1.82) is 0 Å². The van der Waals surface area contributed by atoms with E-state index in [9.17, 15) is 24.8 Å². The standard InChI is InChI=1S/C20H18FN5O5/c1-23-11-13(20(28)29)19(27)12-10-14(26(30)31)18(16(21)17(12)23)25-8-6-24(7-9-25)15-4-2-3-5-22-15/h2-5,10-11H,6-9H2,1H3,(H,28,29). The monoisotopic (exact) mass is 427 g/mol. The maximum absolute atomic E-state index is 15.6. The van der Waals surface area contributed by atoms with Gasteiger partial charge in [0.25, 0.3) is 5.69 Å². The smallest absolute Gasteiger partial charge is 0.341 e. The number of carboxylic acid groups (broad SMARTS) is 1. The Labute approximate surface area is 174 Å². The number of carboxylic acids is 1. The zero-order valence-corrected chi connectivity index (χ0v) is 16.5.